The van der Waals surface area contributed by atoms with Gasteiger partial charge >= 0.3 is 4.87 Å². The summed E-state index contributed by atoms with van der Waals surface area (Å²) in [5.41, 5.74) is 2.19. The van der Waals surface area contributed by atoms with Crippen molar-refractivity contribution in [1.29, 1.82) is 0 Å². The highest BCUT2D eigenvalue weighted by Gasteiger charge is 2.06. The molecule has 0 atom stereocenters. The average Bonchev–Trinajstić information content (AvgIpc) is 2.51. The van der Waals surface area contributed by atoms with Crippen molar-refractivity contribution in [1.82, 2.24) is 4.57 Å². The Bertz CT molecular complexity index is 527. The molecule has 0 aliphatic rings. The maximum atomic E-state index is 11.7. The number of benzene rings is 1. The predicted octanol–water partition coefficient (Wildman–Crippen LogP) is 2.02. The highest BCUT2D eigenvalue weighted by atomic mass is 32.1. The Kier molecular flexibility index (Phi) is 2.88. The quantitative estimate of drug-likeness (QED) is 0.797. The first kappa shape index (κ1) is 10.4. The smallest absolute Gasteiger partial charge is 0.308 e. The molecular formula is C11H13NO2S. The fourth-order valence-corrected chi connectivity index (χ4v) is 2.46. The highest BCUT2D eigenvalue weighted by Crippen LogP contribution is 2.18. The largest absolute Gasteiger partial charge is 0.383 e. The van der Waals surface area contributed by atoms with Crippen LogP contribution in [-0.4, -0.2) is 18.3 Å². The molecule has 1 heterocycles. The number of rotatable bonds is 3. The molecular weight excluding hydrogens is 210 g/mol. The minimum atomic E-state index is 0.0904. The standard InChI is InChI=1S/C11H13NO2S/c1-8-3-4-10-9(7-8)12(5-6-14-2)11(13)15-10/h3-4,7H,5-6H2,1-2H3. The van der Waals surface area contributed by atoms with Crippen LogP contribution >= 0.6 is 11.3 Å². The van der Waals surface area contributed by atoms with Gasteiger partial charge in [-0.15, -0.1) is 0 Å². The van der Waals surface area contributed by atoms with E-state index in [1.54, 1.807) is 11.7 Å². The molecule has 4 heteroatoms. The van der Waals surface area contributed by atoms with Crippen LogP contribution in [0.2, 0.25) is 0 Å². The molecule has 0 radical (unpaired) electrons. The number of fused-ring (bicyclic) bond motifs is 1. The van der Waals surface area contributed by atoms with E-state index in [-0.39, 0.29) is 4.87 Å². The van der Waals surface area contributed by atoms with Gasteiger partial charge in [-0.3, -0.25) is 9.36 Å². The number of hydrogen-bond acceptors (Lipinski definition) is 3. The molecule has 0 bridgehead atoms. The molecule has 0 amide bonds. The predicted molar refractivity (Wildman–Crippen MR) is 62.7 cm³/mol. The zero-order valence-corrected chi connectivity index (χ0v) is 9.63. The highest BCUT2D eigenvalue weighted by molar-refractivity contribution is 7.16. The van der Waals surface area contributed by atoms with Crippen LogP contribution in [0.25, 0.3) is 10.2 Å². The van der Waals surface area contributed by atoms with Crippen molar-refractivity contribution in [3.05, 3.63) is 33.4 Å². The summed E-state index contributed by atoms with van der Waals surface area (Å²) in [6, 6.07) is 6.07. The Morgan fingerprint density at radius 2 is 2.27 bits per heavy atom. The molecule has 0 unspecified atom stereocenters. The second kappa shape index (κ2) is 4.16. The first-order valence-corrected chi connectivity index (χ1v) is 5.63. The van der Waals surface area contributed by atoms with Crippen LogP contribution in [0.1, 0.15) is 5.56 Å². The maximum absolute atomic E-state index is 11.7. The number of aromatic nitrogens is 1. The molecule has 2 rings (SSSR count). The zero-order chi connectivity index (χ0) is 10.8. The molecule has 0 saturated heterocycles. The van der Waals surface area contributed by atoms with Crippen molar-refractivity contribution in [2.75, 3.05) is 13.7 Å². The Hall–Kier alpha value is -1.13. The molecule has 3 nitrogen and oxygen atoms in total. The molecule has 80 valence electrons. The second-order valence-electron chi connectivity index (χ2n) is 3.48. The van der Waals surface area contributed by atoms with E-state index < -0.39 is 0 Å². The Balaban J connectivity index is 2.55. The van der Waals surface area contributed by atoms with E-state index in [0.717, 1.165) is 10.2 Å². The van der Waals surface area contributed by atoms with Gasteiger partial charge in [-0.1, -0.05) is 17.4 Å². The van der Waals surface area contributed by atoms with Crippen molar-refractivity contribution in [3.8, 4) is 0 Å². The lowest BCUT2D eigenvalue weighted by molar-refractivity contribution is 0.188. The number of ether oxygens (including phenoxy) is 1. The number of hydrogen-bond donors (Lipinski definition) is 0. The monoisotopic (exact) mass is 223 g/mol. The maximum Gasteiger partial charge on any atom is 0.308 e. The SMILES string of the molecule is COCCn1c(=O)sc2ccc(C)cc21. The third kappa shape index (κ3) is 1.96. The van der Waals surface area contributed by atoms with Gasteiger partial charge in [0.1, 0.15) is 0 Å². The van der Waals surface area contributed by atoms with Crippen LogP contribution in [0.5, 0.6) is 0 Å². The summed E-state index contributed by atoms with van der Waals surface area (Å²) in [5.74, 6) is 0. The minimum absolute atomic E-state index is 0.0904. The van der Waals surface area contributed by atoms with Crippen LogP contribution in [0.15, 0.2) is 23.0 Å². The molecule has 1 aromatic carbocycles. The summed E-state index contributed by atoms with van der Waals surface area (Å²) >= 11 is 1.29. The normalized spacial score (nSPS) is 11.1. The third-order valence-electron chi connectivity index (χ3n) is 2.34. The lowest BCUT2D eigenvalue weighted by atomic mass is 10.2. The van der Waals surface area contributed by atoms with Gasteiger partial charge in [-0.25, -0.2) is 0 Å². The number of thiazole rings is 1. The van der Waals surface area contributed by atoms with Gasteiger partial charge in [0.2, 0.25) is 0 Å². The van der Waals surface area contributed by atoms with Crippen LogP contribution in [0.4, 0.5) is 0 Å². The molecule has 0 fully saturated rings. The van der Waals surface area contributed by atoms with Gasteiger partial charge in [-0.2, -0.15) is 0 Å². The molecule has 2 aromatic rings. The molecule has 0 aliphatic heterocycles. The first-order valence-electron chi connectivity index (χ1n) is 4.81. The molecule has 0 spiro atoms. The van der Waals surface area contributed by atoms with Crippen molar-refractivity contribution in [2.45, 2.75) is 13.5 Å². The number of methoxy groups -OCH3 is 1. The average molecular weight is 223 g/mol. The molecule has 0 aliphatic carbocycles. The van der Waals surface area contributed by atoms with Crippen molar-refractivity contribution < 1.29 is 4.74 Å². The second-order valence-corrected chi connectivity index (χ2v) is 4.48. The Labute approximate surface area is 91.9 Å². The first-order chi connectivity index (χ1) is 7.22. The summed E-state index contributed by atoms with van der Waals surface area (Å²) in [4.78, 5) is 11.8. The summed E-state index contributed by atoms with van der Waals surface area (Å²) in [6.45, 7) is 3.22. The molecule has 15 heavy (non-hydrogen) atoms. The van der Waals surface area contributed by atoms with Gasteiger partial charge in [0.05, 0.1) is 23.4 Å². The summed E-state index contributed by atoms with van der Waals surface area (Å²) < 4.78 is 7.81. The van der Waals surface area contributed by atoms with E-state index in [1.165, 1.54) is 16.9 Å². The minimum Gasteiger partial charge on any atom is -0.383 e. The lowest BCUT2D eigenvalue weighted by Gasteiger charge is -2.02. The Morgan fingerprint density at radius 3 is 3.00 bits per heavy atom. The topological polar surface area (TPSA) is 31.2 Å². The number of aryl methyl sites for hydroxylation is 1. The molecule has 1 aromatic heterocycles. The van der Waals surface area contributed by atoms with Gasteiger partial charge in [0.25, 0.3) is 0 Å². The summed E-state index contributed by atoms with van der Waals surface area (Å²) in [7, 11) is 1.64. The fourth-order valence-electron chi connectivity index (χ4n) is 1.57. The lowest BCUT2D eigenvalue weighted by Crippen LogP contribution is -2.15. The Morgan fingerprint density at radius 1 is 1.47 bits per heavy atom. The van der Waals surface area contributed by atoms with Gasteiger partial charge in [0.15, 0.2) is 0 Å². The van der Waals surface area contributed by atoms with Gasteiger partial charge in [0, 0.05) is 7.11 Å². The van der Waals surface area contributed by atoms with E-state index in [1.807, 2.05) is 25.1 Å². The van der Waals surface area contributed by atoms with Crippen molar-refractivity contribution in [2.24, 2.45) is 0 Å². The fraction of sp³-hybridized carbons (Fsp3) is 0.364. The van der Waals surface area contributed by atoms with E-state index in [4.69, 9.17) is 4.74 Å². The third-order valence-corrected chi connectivity index (χ3v) is 3.30. The van der Waals surface area contributed by atoms with Crippen molar-refractivity contribution >= 4 is 21.6 Å². The van der Waals surface area contributed by atoms with Gasteiger partial charge < -0.3 is 4.74 Å². The van der Waals surface area contributed by atoms with Crippen LogP contribution < -0.4 is 4.87 Å². The number of nitrogens with zero attached hydrogens (tertiary/aromatic N) is 1. The zero-order valence-electron chi connectivity index (χ0n) is 8.82. The van der Waals surface area contributed by atoms with Crippen molar-refractivity contribution in [3.63, 3.8) is 0 Å². The van der Waals surface area contributed by atoms with E-state index >= 15 is 0 Å². The molecule has 0 N–H and O–H groups in total. The van der Waals surface area contributed by atoms with Crippen LogP contribution in [0, 0.1) is 6.92 Å². The van der Waals surface area contributed by atoms with Gasteiger partial charge in [-0.05, 0) is 24.6 Å². The van der Waals surface area contributed by atoms with Crippen LogP contribution in [-0.2, 0) is 11.3 Å². The summed E-state index contributed by atoms with van der Waals surface area (Å²) in [6.07, 6.45) is 0. The van der Waals surface area contributed by atoms with E-state index in [2.05, 4.69) is 0 Å². The van der Waals surface area contributed by atoms with E-state index in [0.29, 0.717) is 13.2 Å². The van der Waals surface area contributed by atoms with E-state index in [9.17, 15) is 4.79 Å². The molecule has 0 saturated carbocycles. The summed E-state index contributed by atoms with van der Waals surface area (Å²) in [5, 5.41) is 0. The van der Waals surface area contributed by atoms with Crippen LogP contribution in [0.3, 0.4) is 0 Å².